The second-order valence-corrected chi connectivity index (χ2v) is 13.4. The van der Waals surface area contributed by atoms with Crippen molar-refractivity contribution in [1.82, 2.24) is 20.9 Å². The molecule has 0 aliphatic carbocycles. The van der Waals surface area contributed by atoms with Crippen LogP contribution >= 0.6 is 24.0 Å². The van der Waals surface area contributed by atoms with E-state index in [9.17, 15) is 24.0 Å². The predicted molar refractivity (Wildman–Crippen MR) is 193 cm³/mol. The molecule has 0 radical (unpaired) electrons. The summed E-state index contributed by atoms with van der Waals surface area (Å²) in [5.41, 5.74) is 23.0. The lowest BCUT2D eigenvalue weighted by molar-refractivity contribution is -0.132. The number of hydrogen-bond acceptors (Lipinski definition) is 9. The fraction of sp³-hybridized carbons (Fsp3) is 0.531. The van der Waals surface area contributed by atoms with E-state index >= 15 is 0 Å². The molecule has 0 spiro atoms. The molecule has 1 fully saturated rings. The van der Waals surface area contributed by atoms with Crippen LogP contribution in [0.1, 0.15) is 88.1 Å². The topological polar surface area (TPSA) is 241 Å². The number of thioether (sulfide) groups is 1. The van der Waals surface area contributed by atoms with Crippen molar-refractivity contribution in [3.05, 3.63) is 40.3 Å². The predicted octanol–water partition coefficient (Wildman–Crippen LogP) is 1.22. The zero-order chi connectivity index (χ0) is 35.8. The van der Waals surface area contributed by atoms with Crippen LogP contribution in [-0.4, -0.2) is 82.0 Å². The van der Waals surface area contributed by atoms with Crippen LogP contribution in [-0.2, 0) is 19.2 Å². The van der Waals surface area contributed by atoms with Gasteiger partial charge in [0.2, 0.25) is 17.7 Å². The SMILES string of the molecule is CCCC[C@H](NC(=O)[C@H](CCCCN)NC(=O)[C@H](CCCN=C(N)N)NC(=O)c1ccc(/C=C2\SC(=S)N(C(C)C)C2=O)cc1)C(N)=O. The van der Waals surface area contributed by atoms with Crippen LogP contribution in [0.4, 0.5) is 0 Å². The quantitative estimate of drug-likeness (QED) is 0.0337. The van der Waals surface area contributed by atoms with Crippen molar-refractivity contribution in [3.63, 3.8) is 0 Å². The Kier molecular flexibility index (Phi) is 17.0. The average molecular weight is 704 g/mol. The molecule has 264 valence electrons. The maximum Gasteiger partial charge on any atom is 0.266 e. The van der Waals surface area contributed by atoms with Crippen molar-refractivity contribution in [2.24, 2.45) is 27.9 Å². The molecule has 2 rings (SSSR count). The summed E-state index contributed by atoms with van der Waals surface area (Å²) in [6, 6.07) is 3.58. The molecule has 5 amide bonds. The number of aliphatic imine (C=N–C) groups is 1. The van der Waals surface area contributed by atoms with Crippen molar-refractivity contribution >= 4 is 69.9 Å². The first-order chi connectivity index (χ1) is 22.8. The molecule has 48 heavy (non-hydrogen) atoms. The summed E-state index contributed by atoms with van der Waals surface area (Å²) in [7, 11) is 0. The molecule has 1 heterocycles. The molecule has 1 aromatic rings. The minimum atomic E-state index is -1.04. The lowest BCUT2D eigenvalue weighted by Gasteiger charge is -2.25. The largest absolute Gasteiger partial charge is 0.370 e. The first kappa shape index (κ1) is 40.2. The molecule has 14 nitrogen and oxygen atoms in total. The minimum Gasteiger partial charge on any atom is -0.370 e. The zero-order valence-electron chi connectivity index (χ0n) is 27.8. The molecule has 1 saturated heterocycles. The monoisotopic (exact) mass is 703 g/mol. The molecule has 0 aromatic heterocycles. The Balaban J connectivity index is 2.23. The van der Waals surface area contributed by atoms with Crippen LogP contribution in [0.3, 0.4) is 0 Å². The smallest absolute Gasteiger partial charge is 0.266 e. The number of unbranched alkanes of at least 4 members (excludes halogenated alkanes) is 2. The van der Waals surface area contributed by atoms with E-state index < -0.39 is 41.8 Å². The Bertz CT molecular complexity index is 1360. The average Bonchev–Trinajstić information content (AvgIpc) is 3.31. The Labute approximate surface area is 291 Å². The van der Waals surface area contributed by atoms with Crippen molar-refractivity contribution in [1.29, 1.82) is 0 Å². The van der Waals surface area contributed by atoms with Gasteiger partial charge >= 0.3 is 0 Å². The van der Waals surface area contributed by atoms with E-state index in [1.54, 1.807) is 35.2 Å². The van der Waals surface area contributed by atoms with Crippen LogP contribution in [0.5, 0.6) is 0 Å². The first-order valence-corrected chi connectivity index (χ1v) is 17.3. The van der Waals surface area contributed by atoms with Gasteiger partial charge in [0.15, 0.2) is 5.96 Å². The van der Waals surface area contributed by atoms with Gasteiger partial charge in [-0.2, -0.15) is 0 Å². The first-order valence-electron chi connectivity index (χ1n) is 16.1. The van der Waals surface area contributed by atoms with Crippen LogP contribution < -0.4 is 38.9 Å². The van der Waals surface area contributed by atoms with Gasteiger partial charge in [-0.25, -0.2) is 0 Å². The van der Waals surface area contributed by atoms with Gasteiger partial charge in [0.25, 0.3) is 11.8 Å². The van der Waals surface area contributed by atoms with Gasteiger partial charge < -0.3 is 38.9 Å². The summed E-state index contributed by atoms with van der Waals surface area (Å²) >= 11 is 6.56. The zero-order valence-corrected chi connectivity index (χ0v) is 29.5. The third-order valence-corrected chi connectivity index (χ3v) is 8.79. The highest BCUT2D eigenvalue weighted by Crippen LogP contribution is 2.33. The molecule has 11 N–H and O–H groups in total. The Morgan fingerprint density at radius 2 is 1.48 bits per heavy atom. The molecule has 3 atom stereocenters. The number of amides is 5. The van der Waals surface area contributed by atoms with E-state index in [1.165, 1.54) is 11.8 Å². The number of carbonyl (C=O) groups is 5. The highest BCUT2D eigenvalue weighted by atomic mass is 32.2. The van der Waals surface area contributed by atoms with E-state index in [1.807, 2.05) is 20.8 Å². The number of nitrogens with zero attached hydrogens (tertiary/aromatic N) is 2. The van der Waals surface area contributed by atoms with Crippen LogP contribution in [0.25, 0.3) is 6.08 Å². The number of guanidine groups is 1. The number of hydrogen-bond donors (Lipinski definition) is 7. The summed E-state index contributed by atoms with van der Waals surface area (Å²) in [5, 5.41) is 8.18. The summed E-state index contributed by atoms with van der Waals surface area (Å²) in [6.07, 6.45) is 5.53. The van der Waals surface area contributed by atoms with Crippen LogP contribution in [0.15, 0.2) is 34.2 Å². The number of rotatable bonds is 20. The van der Waals surface area contributed by atoms with Gasteiger partial charge in [-0.15, -0.1) is 0 Å². The summed E-state index contributed by atoms with van der Waals surface area (Å²) in [5.74, 6) is -2.59. The van der Waals surface area contributed by atoms with Gasteiger partial charge in [-0.05, 0) is 82.7 Å². The van der Waals surface area contributed by atoms with Gasteiger partial charge in [0.05, 0.1) is 4.91 Å². The van der Waals surface area contributed by atoms with Crippen molar-refractivity contribution in [2.75, 3.05) is 13.1 Å². The number of nitrogens with two attached hydrogens (primary N) is 4. The maximum absolute atomic E-state index is 13.6. The third kappa shape index (κ3) is 12.9. The van der Waals surface area contributed by atoms with E-state index in [4.69, 9.17) is 35.2 Å². The standard InChI is InChI=1S/C32H49N9O5S2/c1-4-5-9-22(26(34)42)38-28(44)23(10-6-7-16-33)40-29(45)24(11-8-17-37-31(35)36)39-27(43)21-14-12-20(13-15-21)18-25-30(46)41(19(2)3)32(47)48-25/h12-15,18-19,22-24H,4-11,16-17,33H2,1-3H3,(H2,34,42)(H,38,44)(H,39,43)(H,40,45)(H4,35,36,37)/b25-18-/t22-,23-,24-/m0/s1. The number of carbonyl (C=O) groups excluding carboxylic acids is 5. The molecule has 0 bridgehead atoms. The van der Waals surface area contributed by atoms with Crippen molar-refractivity contribution in [2.45, 2.75) is 96.3 Å². The lowest BCUT2D eigenvalue weighted by atomic mass is 10.0. The molecule has 0 saturated carbocycles. The Morgan fingerprint density at radius 1 is 0.896 bits per heavy atom. The highest BCUT2D eigenvalue weighted by molar-refractivity contribution is 8.26. The number of primary amides is 1. The van der Waals surface area contributed by atoms with Crippen LogP contribution in [0, 0.1) is 0 Å². The van der Waals surface area contributed by atoms with E-state index in [2.05, 4.69) is 20.9 Å². The number of benzene rings is 1. The molecule has 0 unspecified atom stereocenters. The molecule has 16 heteroatoms. The van der Waals surface area contributed by atoms with Crippen LogP contribution in [0.2, 0.25) is 0 Å². The van der Waals surface area contributed by atoms with E-state index in [0.29, 0.717) is 53.4 Å². The van der Waals surface area contributed by atoms with E-state index in [0.717, 1.165) is 6.42 Å². The van der Waals surface area contributed by atoms with Gasteiger partial charge in [-0.1, -0.05) is 55.9 Å². The molecular weight excluding hydrogens is 655 g/mol. The third-order valence-electron chi connectivity index (χ3n) is 7.46. The Morgan fingerprint density at radius 3 is 2.02 bits per heavy atom. The maximum atomic E-state index is 13.6. The van der Waals surface area contributed by atoms with Crippen molar-refractivity contribution < 1.29 is 24.0 Å². The fourth-order valence-electron chi connectivity index (χ4n) is 4.82. The van der Waals surface area contributed by atoms with Gasteiger partial charge in [0, 0.05) is 18.2 Å². The lowest BCUT2D eigenvalue weighted by Crippen LogP contribution is -2.56. The Hall–Kier alpha value is -4.02. The second kappa shape index (κ2) is 20.4. The second-order valence-electron chi connectivity index (χ2n) is 11.7. The highest BCUT2D eigenvalue weighted by Gasteiger charge is 2.34. The van der Waals surface area contributed by atoms with Gasteiger partial charge in [0.1, 0.15) is 22.4 Å². The molecule has 1 aromatic carbocycles. The van der Waals surface area contributed by atoms with Gasteiger partial charge in [-0.3, -0.25) is 33.9 Å². The molecule has 1 aliphatic heterocycles. The fourth-order valence-corrected chi connectivity index (χ4v) is 6.35. The summed E-state index contributed by atoms with van der Waals surface area (Å²) in [4.78, 5) is 70.9. The number of nitrogens with one attached hydrogen (secondary N) is 3. The summed E-state index contributed by atoms with van der Waals surface area (Å²) in [6.45, 7) is 6.36. The van der Waals surface area contributed by atoms with Crippen molar-refractivity contribution in [3.8, 4) is 0 Å². The van der Waals surface area contributed by atoms with E-state index in [-0.39, 0.29) is 42.9 Å². The minimum absolute atomic E-state index is 0.0625. The molecular formula is C32H49N9O5S2. The normalized spacial score (nSPS) is 15.6. The summed E-state index contributed by atoms with van der Waals surface area (Å²) < 4.78 is 0.490. The molecule has 1 aliphatic rings. The number of thiocarbonyl (C=S) groups is 1.